The number of carbonyl (C=O) groups is 1. The number of aromatic nitrogens is 3. The second-order valence-electron chi connectivity index (χ2n) is 4.66. The van der Waals surface area contributed by atoms with Crippen LogP contribution in [0.5, 0.6) is 0 Å². The molecule has 1 saturated heterocycles. The van der Waals surface area contributed by atoms with Crippen LogP contribution in [0.3, 0.4) is 0 Å². The highest BCUT2D eigenvalue weighted by molar-refractivity contribution is 5.76. The lowest BCUT2D eigenvalue weighted by molar-refractivity contribution is -0.118. The number of hydrogen-bond donors (Lipinski definition) is 0. The average molecular weight is 236 g/mol. The van der Waals surface area contributed by atoms with Crippen molar-refractivity contribution in [3.05, 3.63) is 12.2 Å². The zero-order chi connectivity index (χ0) is 12.3. The van der Waals surface area contributed by atoms with E-state index in [9.17, 15) is 4.79 Å². The molecule has 2 rings (SSSR count). The Morgan fingerprint density at radius 2 is 2.41 bits per heavy atom. The van der Waals surface area contributed by atoms with E-state index in [0.29, 0.717) is 12.5 Å². The maximum absolute atomic E-state index is 11.2. The fourth-order valence-corrected chi connectivity index (χ4v) is 2.52. The number of likely N-dealkylation sites (tertiary alicyclic amines) is 1. The lowest BCUT2D eigenvalue weighted by Crippen LogP contribution is -2.31. The molecule has 0 spiro atoms. The molecule has 17 heavy (non-hydrogen) atoms. The molecule has 1 atom stereocenters. The summed E-state index contributed by atoms with van der Waals surface area (Å²) >= 11 is 0. The molecule has 1 fully saturated rings. The van der Waals surface area contributed by atoms with Crippen LogP contribution in [-0.2, 0) is 17.9 Å². The molecule has 1 aromatic heterocycles. The molecule has 1 aliphatic heterocycles. The summed E-state index contributed by atoms with van der Waals surface area (Å²) in [5.41, 5.74) is 0. The molecule has 0 amide bonds. The topological polar surface area (TPSA) is 51.0 Å². The molecule has 2 heterocycles. The van der Waals surface area contributed by atoms with Crippen molar-refractivity contribution in [3.8, 4) is 0 Å². The van der Waals surface area contributed by atoms with E-state index in [1.807, 2.05) is 4.68 Å². The van der Waals surface area contributed by atoms with E-state index in [-0.39, 0.29) is 5.78 Å². The Bertz CT molecular complexity index is 388. The molecule has 0 bridgehead atoms. The predicted molar refractivity (Wildman–Crippen MR) is 64.4 cm³/mol. The Morgan fingerprint density at radius 1 is 1.59 bits per heavy atom. The minimum atomic E-state index is 0.277. The molecule has 0 saturated carbocycles. The lowest BCUT2D eigenvalue weighted by Gasteiger charge is -2.23. The van der Waals surface area contributed by atoms with E-state index < -0.39 is 0 Å². The van der Waals surface area contributed by atoms with Crippen LogP contribution in [0.2, 0.25) is 0 Å². The maximum atomic E-state index is 11.2. The van der Waals surface area contributed by atoms with Crippen molar-refractivity contribution < 1.29 is 4.79 Å². The Labute approximate surface area is 102 Å². The van der Waals surface area contributed by atoms with E-state index in [4.69, 9.17) is 0 Å². The van der Waals surface area contributed by atoms with Gasteiger partial charge in [-0.25, -0.2) is 9.67 Å². The van der Waals surface area contributed by atoms with Gasteiger partial charge >= 0.3 is 0 Å². The Hall–Kier alpha value is -1.23. The molecular formula is C12H20N4O. The summed E-state index contributed by atoms with van der Waals surface area (Å²) in [7, 11) is 0. The minimum Gasteiger partial charge on any atom is -0.300 e. The van der Waals surface area contributed by atoms with Gasteiger partial charge in [0, 0.05) is 19.0 Å². The van der Waals surface area contributed by atoms with Crippen LogP contribution in [-0.4, -0.2) is 38.0 Å². The van der Waals surface area contributed by atoms with Gasteiger partial charge in [-0.1, -0.05) is 0 Å². The van der Waals surface area contributed by atoms with Crippen LogP contribution >= 0.6 is 0 Å². The first-order valence-corrected chi connectivity index (χ1v) is 6.31. The monoisotopic (exact) mass is 236 g/mol. The Morgan fingerprint density at radius 3 is 3.12 bits per heavy atom. The van der Waals surface area contributed by atoms with Gasteiger partial charge in [0.25, 0.3) is 0 Å². The van der Waals surface area contributed by atoms with E-state index in [1.54, 1.807) is 13.3 Å². The maximum Gasteiger partial charge on any atom is 0.141 e. The summed E-state index contributed by atoms with van der Waals surface area (Å²) in [6, 6.07) is 0.398. The fourth-order valence-electron chi connectivity index (χ4n) is 2.52. The summed E-state index contributed by atoms with van der Waals surface area (Å²) < 4.78 is 1.92. The van der Waals surface area contributed by atoms with Gasteiger partial charge < -0.3 is 0 Å². The third-order valence-electron chi connectivity index (χ3n) is 3.36. The van der Waals surface area contributed by atoms with E-state index >= 15 is 0 Å². The van der Waals surface area contributed by atoms with Gasteiger partial charge in [0.05, 0.1) is 6.54 Å². The molecule has 0 aliphatic carbocycles. The van der Waals surface area contributed by atoms with E-state index in [2.05, 4.69) is 21.9 Å². The van der Waals surface area contributed by atoms with Gasteiger partial charge in [0.15, 0.2) is 0 Å². The second kappa shape index (κ2) is 5.40. The molecule has 0 radical (unpaired) electrons. The fraction of sp³-hybridized carbons (Fsp3) is 0.750. The quantitative estimate of drug-likeness (QED) is 0.772. The van der Waals surface area contributed by atoms with Crippen LogP contribution in [0.1, 0.15) is 38.9 Å². The van der Waals surface area contributed by atoms with Crippen LogP contribution in [0, 0.1) is 0 Å². The van der Waals surface area contributed by atoms with Gasteiger partial charge in [0.1, 0.15) is 17.9 Å². The summed E-state index contributed by atoms with van der Waals surface area (Å²) in [5.74, 6) is 1.28. The van der Waals surface area contributed by atoms with Crippen LogP contribution < -0.4 is 0 Å². The number of rotatable bonds is 5. The molecule has 1 aromatic rings. The van der Waals surface area contributed by atoms with Gasteiger partial charge in [-0.15, -0.1) is 0 Å². The van der Waals surface area contributed by atoms with Crippen molar-refractivity contribution in [2.24, 2.45) is 0 Å². The zero-order valence-electron chi connectivity index (χ0n) is 10.6. The zero-order valence-corrected chi connectivity index (χ0v) is 10.6. The highest BCUT2D eigenvalue weighted by Crippen LogP contribution is 2.22. The molecule has 5 nitrogen and oxygen atoms in total. The van der Waals surface area contributed by atoms with Crippen molar-refractivity contribution in [1.82, 2.24) is 19.7 Å². The molecule has 0 aromatic carbocycles. The molecule has 94 valence electrons. The van der Waals surface area contributed by atoms with Gasteiger partial charge in [-0.2, -0.15) is 5.10 Å². The van der Waals surface area contributed by atoms with E-state index in [1.165, 1.54) is 6.42 Å². The predicted octanol–water partition coefficient (Wildman–Crippen LogP) is 1.24. The second-order valence-corrected chi connectivity index (χ2v) is 4.66. The van der Waals surface area contributed by atoms with Crippen LogP contribution in [0.4, 0.5) is 0 Å². The highest BCUT2D eigenvalue weighted by Gasteiger charge is 2.26. The summed E-state index contributed by atoms with van der Waals surface area (Å²) in [5, 5.41) is 4.17. The first kappa shape index (κ1) is 12.2. The first-order valence-electron chi connectivity index (χ1n) is 6.31. The van der Waals surface area contributed by atoms with Crippen molar-refractivity contribution in [2.45, 2.75) is 52.2 Å². The summed E-state index contributed by atoms with van der Waals surface area (Å²) in [6.07, 6.45) is 4.58. The standard InChI is InChI=1S/C12H20N4O/c1-3-16-12(13-9-14-16)8-15-6-4-5-11(15)7-10(2)17/h9,11H,3-8H2,1-2H3. The smallest absolute Gasteiger partial charge is 0.141 e. The number of ketones is 1. The first-order chi connectivity index (χ1) is 8.20. The number of carbonyl (C=O) groups excluding carboxylic acids is 1. The van der Waals surface area contributed by atoms with Gasteiger partial charge in [-0.05, 0) is 33.2 Å². The largest absolute Gasteiger partial charge is 0.300 e. The minimum absolute atomic E-state index is 0.277. The third-order valence-corrected chi connectivity index (χ3v) is 3.36. The highest BCUT2D eigenvalue weighted by atomic mass is 16.1. The number of hydrogen-bond acceptors (Lipinski definition) is 4. The van der Waals surface area contributed by atoms with Gasteiger partial charge in [0.2, 0.25) is 0 Å². The average Bonchev–Trinajstić information content (AvgIpc) is 2.88. The molecule has 1 unspecified atom stereocenters. The summed E-state index contributed by atoms with van der Waals surface area (Å²) in [6.45, 7) is 6.46. The summed E-state index contributed by atoms with van der Waals surface area (Å²) in [4.78, 5) is 17.9. The Kier molecular flexibility index (Phi) is 3.89. The van der Waals surface area contributed by atoms with Crippen molar-refractivity contribution in [1.29, 1.82) is 0 Å². The van der Waals surface area contributed by atoms with Crippen molar-refractivity contribution in [3.63, 3.8) is 0 Å². The number of nitrogens with zero attached hydrogens (tertiary/aromatic N) is 4. The SMILES string of the molecule is CCn1ncnc1CN1CCCC1CC(C)=O. The lowest BCUT2D eigenvalue weighted by atomic mass is 10.1. The normalized spacial score (nSPS) is 20.9. The number of Topliss-reactive ketones (excluding diaryl/α,β-unsaturated/α-hetero) is 1. The molecule has 0 N–H and O–H groups in total. The van der Waals surface area contributed by atoms with Crippen LogP contribution in [0.15, 0.2) is 6.33 Å². The molecule has 5 heteroatoms. The number of aryl methyl sites for hydroxylation is 1. The van der Waals surface area contributed by atoms with Gasteiger partial charge in [-0.3, -0.25) is 9.69 Å². The molecule has 1 aliphatic rings. The Balaban J connectivity index is 2.00. The van der Waals surface area contributed by atoms with Crippen molar-refractivity contribution in [2.75, 3.05) is 6.54 Å². The van der Waals surface area contributed by atoms with Crippen molar-refractivity contribution >= 4 is 5.78 Å². The van der Waals surface area contributed by atoms with Crippen LogP contribution in [0.25, 0.3) is 0 Å². The van der Waals surface area contributed by atoms with E-state index in [0.717, 1.165) is 31.9 Å². The molecular weight excluding hydrogens is 216 g/mol. The third kappa shape index (κ3) is 2.91.